The highest BCUT2D eigenvalue weighted by Crippen LogP contribution is 2.45. The monoisotopic (exact) mass is 470 g/mol. The molecular formula is C29H30N2O4. The highest BCUT2D eigenvalue weighted by atomic mass is 16.7. The van der Waals surface area contributed by atoms with E-state index < -0.39 is 12.0 Å². The lowest BCUT2D eigenvalue weighted by Gasteiger charge is -2.42. The van der Waals surface area contributed by atoms with Gasteiger partial charge in [0.15, 0.2) is 11.5 Å². The molecule has 2 heterocycles. The fourth-order valence-electron chi connectivity index (χ4n) is 5.09. The molecule has 6 heteroatoms. The quantitative estimate of drug-likeness (QED) is 0.478. The van der Waals surface area contributed by atoms with Crippen LogP contribution < -0.4 is 14.8 Å². The molecule has 0 spiro atoms. The van der Waals surface area contributed by atoms with E-state index in [-0.39, 0.29) is 18.6 Å². The number of hydrogen-bond acceptors (Lipinski definition) is 4. The second-order valence-electron chi connectivity index (χ2n) is 9.00. The second-order valence-corrected chi connectivity index (χ2v) is 9.00. The van der Waals surface area contributed by atoms with Gasteiger partial charge in [0.1, 0.15) is 0 Å². The van der Waals surface area contributed by atoms with Crippen molar-refractivity contribution in [3.05, 3.63) is 95.1 Å². The molecule has 0 aliphatic carbocycles. The Labute approximate surface area is 205 Å². The van der Waals surface area contributed by atoms with E-state index in [0.29, 0.717) is 30.2 Å². The molecule has 3 aromatic rings. The van der Waals surface area contributed by atoms with Gasteiger partial charge in [-0.2, -0.15) is 0 Å². The Kier molecular flexibility index (Phi) is 6.70. The second kappa shape index (κ2) is 10.2. The van der Waals surface area contributed by atoms with E-state index in [1.54, 1.807) is 0 Å². The Morgan fingerprint density at radius 2 is 1.77 bits per heavy atom. The summed E-state index contributed by atoms with van der Waals surface area (Å²) < 4.78 is 11.1. The van der Waals surface area contributed by atoms with Crippen LogP contribution in [0.2, 0.25) is 0 Å². The largest absolute Gasteiger partial charge is 0.454 e. The first kappa shape index (κ1) is 23.0. The molecule has 0 saturated carbocycles. The minimum absolute atomic E-state index is 0.0433. The Morgan fingerprint density at radius 1 is 1.00 bits per heavy atom. The first-order chi connectivity index (χ1) is 17.2. The van der Waals surface area contributed by atoms with Crippen molar-refractivity contribution < 1.29 is 19.1 Å². The lowest BCUT2D eigenvalue weighted by molar-refractivity contribution is -0.124. The molecule has 0 aromatic heterocycles. The van der Waals surface area contributed by atoms with Gasteiger partial charge in [-0.05, 0) is 54.2 Å². The van der Waals surface area contributed by atoms with E-state index in [9.17, 15) is 9.59 Å². The van der Waals surface area contributed by atoms with Crippen LogP contribution in [0.1, 0.15) is 58.8 Å². The van der Waals surface area contributed by atoms with Crippen LogP contribution >= 0.6 is 0 Å². The van der Waals surface area contributed by atoms with Gasteiger partial charge in [0.05, 0.1) is 12.0 Å². The highest BCUT2D eigenvalue weighted by molar-refractivity contribution is 6.01. The van der Waals surface area contributed by atoms with Crippen molar-refractivity contribution in [3.63, 3.8) is 0 Å². The van der Waals surface area contributed by atoms with Crippen LogP contribution in [-0.4, -0.2) is 36.6 Å². The molecular weight excluding hydrogens is 440 g/mol. The van der Waals surface area contributed by atoms with Gasteiger partial charge in [-0.25, -0.2) is 0 Å². The summed E-state index contributed by atoms with van der Waals surface area (Å²) in [4.78, 5) is 29.1. The molecule has 0 radical (unpaired) electrons. The van der Waals surface area contributed by atoms with Crippen molar-refractivity contribution in [3.8, 4) is 11.5 Å². The van der Waals surface area contributed by atoms with Crippen molar-refractivity contribution >= 4 is 11.8 Å². The minimum atomic E-state index is -0.521. The standard InChI is InChI=1S/C29H30N2O4/c1-2-17-31-27(21-14-15-24-25(18-21)35-19-34-24)26(22-12-6-7-13-23(22)29(31)33)28(32)30-16-8-11-20-9-4-3-5-10-20/h3-7,9-10,12-15,18,26-27H,2,8,11,16-17,19H2,1H3,(H,30,32). The molecule has 0 saturated heterocycles. The summed E-state index contributed by atoms with van der Waals surface area (Å²) in [6, 6.07) is 23.0. The molecule has 0 bridgehead atoms. The van der Waals surface area contributed by atoms with E-state index in [1.165, 1.54) is 5.56 Å². The van der Waals surface area contributed by atoms with Gasteiger partial charge >= 0.3 is 0 Å². The summed E-state index contributed by atoms with van der Waals surface area (Å²) >= 11 is 0. The Balaban J connectivity index is 1.45. The topological polar surface area (TPSA) is 67.9 Å². The van der Waals surface area contributed by atoms with Crippen LogP contribution in [0.5, 0.6) is 11.5 Å². The lowest BCUT2D eigenvalue weighted by atomic mass is 9.79. The average molecular weight is 471 g/mol. The zero-order valence-corrected chi connectivity index (χ0v) is 19.9. The number of rotatable bonds is 8. The van der Waals surface area contributed by atoms with Gasteiger partial charge in [0.25, 0.3) is 5.91 Å². The van der Waals surface area contributed by atoms with Gasteiger partial charge in [0, 0.05) is 18.7 Å². The number of fused-ring (bicyclic) bond motifs is 2. The van der Waals surface area contributed by atoms with Crippen molar-refractivity contribution in [2.45, 2.75) is 38.1 Å². The van der Waals surface area contributed by atoms with Gasteiger partial charge in [-0.3, -0.25) is 9.59 Å². The molecule has 3 aromatic carbocycles. The molecule has 2 atom stereocenters. The van der Waals surface area contributed by atoms with E-state index in [4.69, 9.17) is 9.47 Å². The van der Waals surface area contributed by atoms with Gasteiger partial charge in [0.2, 0.25) is 12.7 Å². The maximum atomic E-state index is 13.7. The van der Waals surface area contributed by atoms with Crippen LogP contribution in [0, 0.1) is 0 Å². The minimum Gasteiger partial charge on any atom is -0.454 e. The summed E-state index contributed by atoms with van der Waals surface area (Å²) in [5, 5.41) is 3.16. The summed E-state index contributed by atoms with van der Waals surface area (Å²) in [5.74, 6) is 0.695. The molecule has 2 aliphatic heterocycles. The molecule has 35 heavy (non-hydrogen) atoms. The molecule has 5 rings (SSSR count). The SMILES string of the molecule is CCCN1C(=O)c2ccccc2C(C(=O)NCCCc2ccccc2)C1c1ccc2c(c1)OCO2. The number of benzene rings is 3. The fourth-order valence-corrected chi connectivity index (χ4v) is 5.09. The van der Waals surface area contributed by atoms with E-state index in [0.717, 1.165) is 30.4 Å². The van der Waals surface area contributed by atoms with E-state index in [1.807, 2.05) is 72.5 Å². The van der Waals surface area contributed by atoms with Crippen LogP contribution in [0.25, 0.3) is 0 Å². The summed E-state index contributed by atoms with van der Waals surface area (Å²) in [6.45, 7) is 3.35. The van der Waals surface area contributed by atoms with Gasteiger partial charge in [-0.1, -0.05) is 61.5 Å². The number of nitrogens with zero attached hydrogens (tertiary/aromatic N) is 1. The summed E-state index contributed by atoms with van der Waals surface area (Å²) in [6.07, 6.45) is 2.53. The van der Waals surface area contributed by atoms with E-state index in [2.05, 4.69) is 17.4 Å². The number of hydrogen-bond donors (Lipinski definition) is 1. The normalized spacial score (nSPS) is 18.3. The van der Waals surface area contributed by atoms with Crippen molar-refractivity contribution in [2.24, 2.45) is 0 Å². The van der Waals surface area contributed by atoms with Gasteiger partial charge < -0.3 is 19.7 Å². The Bertz CT molecular complexity index is 1210. The molecule has 2 amide bonds. The molecule has 180 valence electrons. The van der Waals surface area contributed by atoms with Crippen molar-refractivity contribution in [2.75, 3.05) is 19.9 Å². The van der Waals surface area contributed by atoms with Crippen LogP contribution in [0.4, 0.5) is 0 Å². The lowest BCUT2D eigenvalue weighted by Crippen LogP contribution is -2.47. The zero-order chi connectivity index (χ0) is 24.2. The predicted molar refractivity (Wildman–Crippen MR) is 134 cm³/mol. The number of carbonyl (C=O) groups is 2. The maximum Gasteiger partial charge on any atom is 0.254 e. The van der Waals surface area contributed by atoms with Crippen LogP contribution in [0.15, 0.2) is 72.8 Å². The Morgan fingerprint density at radius 3 is 2.60 bits per heavy atom. The summed E-state index contributed by atoms with van der Waals surface area (Å²) in [7, 11) is 0. The number of aryl methyl sites for hydroxylation is 1. The highest BCUT2D eigenvalue weighted by Gasteiger charge is 2.44. The first-order valence-corrected chi connectivity index (χ1v) is 12.3. The molecule has 1 N–H and O–H groups in total. The number of amides is 2. The van der Waals surface area contributed by atoms with Crippen molar-refractivity contribution in [1.29, 1.82) is 0 Å². The number of ether oxygens (including phenoxy) is 2. The zero-order valence-electron chi connectivity index (χ0n) is 19.9. The molecule has 6 nitrogen and oxygen atoms in total. The summed E-state index contributed by atoms with van der Waals surface area (Å²) in [5.41, 5.74) is 3.49. The molecule has 2 unspecified atom stereocenters. The average Bonchev–Trinajstić information content (AvgIpc) is 3.36. The van der Waals surface area contributed by atoms with Crippen LogP contribution in [-0.2, 0) is 11.2 Å². The fraction of sp³-hybridized carbons (Fsp3) is 0.310. The molecule has 0 fully saturated rings. The third kappa shape index (κ3) is 4.61. The van der Waals surface area contributed by atoms with E-state index >= 15 is 0 Å². The number of nitrogens with one attached hydrogen (secondary N) is 1. The Hall–Kier alpha value is -3.80. The van der Waals surface area contributed by atoms with Crippen molar-refractivity contribution in [1.82, 2.24) is 10.2 Å². The first-order valence-electron chi connectivity index (χ1n) is 12.3. The number of carbonyl (C=O) groups excluding carboxylic acids is 2. The predicted octanol–water partition coefficient (Wildman–Crippen LogP) is 4.86. The smallest absolute Gasteiger partial charge is 0.254 e. The van der Waals surface area contributed by atoms with Gasteiger partial charge in [-0.15, -0.1) is 0 Å². The molecule has 2 aliphatic rings. The third-order valence-corrected chi connectivity index (χ3v) is 6.71. The van der Waals surface area contributed by atoms with Crippen LogP contribution in [0.3, 0.4) is 0 Å². The third-order valence-electron chi connectivity index (χ3n) is 6.71. The maximum absolute atomic E-state index is 13.7.